The van der Waals surface area contributed by atoms with Crippen LogP contribution in [0.5, 0.6) is 0 Å². The highest BCUT2D eigenvalue weighted by molar-refractivity contribution is 4.79. The van der Waals surface area contributed by atoms with Crippen molar-refractivity contribution < 1.29 is 10.2 Å². The van der Waals surface area contributed by atoms with E-state index in [1.54, 1.807) is 0 Å². The van der Waals surface area contributed by atoms with Gasteiger partial charge < -0.3 is 10.2 Å². The van der Waals surface area contributed by atoms with Gasteiger partial charge in [0, 0.05) is 5.41 Å². The molecule has 0 radical (unpaired) electrons. The lowest BCUT2D eigenvalue weighted by Crippen LogP contribution is -2.33. The highest BCUT2D eigenvalue weighted by Gasteiger charge is 2.32. The molecule has 74 valence electrons. The van der Waals surface area contributed by atoms with Gasteiger partial charge in [-0.3, -0.25) is 0 Å². The molecule has 0 heterocycles. The lowest BCUT2D eigenvalue weighted by Gasteiger charge is -2.35. The smallest absolute Gasteiger partial charge is 0.156 e. The van der Waals surface area contributed by atoms with Crippen molar-refractivity contribution in [1.82, 2.24) is 0 Å². The molecule has 0 aliphatic heterocycles. The second-order valence-electron chi connectivity index (χ2n) is 5.06. The summed E-state index contributed by atoms with van der Waals surface area (Å²) in [6, 6.07) is 0. The molecule has 2 heteroatoms. The zero-order valence-electron chi connectivity index (χ0n) is 8.89. The minimum absolute atomic E-state index is 0.188. The van der Waals surface area contributed by atoms with Crippen molar-refractivity contribution in [2.24, 2.45) is 10.8 Å². The topological polar surface area (TPSA) is 40.5 Å². The number of hydrogen-bond donors (Lipinski definition) is 2. The molecule has 0 aromatic rings. The maximum atomic E-state index is 9.09. The molecule has 2 nitrogen and oxygen atoms in total. The van der Waals surface area contributed by atoms with E-state index < -0.39 is 11.7 Å². The molecule has 0 aliphatic carbocycles. The van der Waals surface area contributed by atoms with Crippen molar-refractivity contribution in [3.63, 3.8) is 0 Å². The Hall–Kier alpha value is -0.0800. The van der Waals surface area contributed by atoms with Crippen LogP contribution in [0.25, 0.3) is 0 Å². The first-order valence-electron chi connectivity index (χ1n) is 4.57. The Labute approximate surface area is 75.6 Å². The molecule has 0 amide bonds. The second kappa shape index (κ2) is 3.75. The molecule has 0 saturated carbocycles. The standard InChI is InChI=1S/C10H22O2/c1-6-9(2,3)7-10(4,5)8(11)12/h8,11-12H,6-7H2,1-5H3. The molecule has 0 unspecified atom stereocenters. The van der Waals surface area contributed by atoms with Crippen LogP contribution in [0.1, 0.15) is 47.5 Å². The van der Waals surface area contributed by atoms with E-state index in [0.717, 1.165) is 12.8 Å². The van der Waals surface area contributed by atoms with Crippen LogP contribution < -0.4 is 0 Å². The average molecular weight is 174 g/mol. The maximum absolute atomic E-state index is 9.09. The van der Waals surface area contributed by atoms with E-state index >= 15 is 0 Å². The molecule has 0 spiro atoms. The van der Waals surface area contributed by atoms with Crippen LogP contribution in [0, 0.1) is 10.8 Å². The van der Waals surface area contributed by atoms with E-state index in [-0.39, 0.29) is 5.41 Å². The first-order valence-corrected chi connectivity index (χ1v) is 4.57. The minimum atomic E-state index is -1.22. The first-order chi connectivity index (χ1) is 5.21. The van der Waals surface area contributed by atoms with Gasteiger partial charge in [-0.25, -0.2) is 0 Å². The van der Waals surface area contributed by atoms with Crippen molar-refractivity contribution in [3.8, 4) is 0 Å². The molecule has 0 bridgehead atoms. The highest BCUT2D eigenvalue weighted by Crippen LogP contribution is 2.37. The van der Waals surface area contributed by atoms with Gasteiger partial charge in [-0.05, 0) is 11.8 Å². The fourth-order valence-electron chi connectivity index (χ4n) is 1.45. The third-order valence-electron chi connectivity index (χ3n) is 2.59. The Morgan fingerprint density at radius 1 is 1.08 bits per heavy atom. The summed E-state index contributed by atoms with van der Waals surface area (Å²) in [5, 5.41) is 18.2. The molecular weight excluding hydrogens is 152 g/mol. The van der Waals surface area contributed by atoms with E-state index in [1.807, 2.05) is 13.8 Å². The second-order valence-corrected chi connectivity index (χ2v) is 5.06. The Balaban J connectivity index is 4.23. The summed E-state index contributed by atoms with van der Waals surface area (Å²) >= 11 is 0. The van der Waals surface area contributed by atoms with Crippen LogP contribution in [0.3, 0.4) is 0 Å². The van der Waals surface area contributed by atoms with E-state index in [2.05, 4.69) is 20.8 Å². The van der Waals surface area contributed by atoms with E-state index in [9.17, 15) is 0 Å². The van der Waals surface area contributed by atoms with Crippen molar-refractivity contribution in [3.05, 3.63) is 0 Å². The molecule has 0 saturated heterocycles. The van der Waals surface area contributed by atoms with Crippen molar-refractivity contribution >= 4 is 0 Å². The van der Waals surface area contributed by atoms with Gasteiger partial charge in [0.2, 0.25) is 0 Å². The number of hydrogen-bond acceptors (Lipinski definition) is 2. The van der Waals surface area contributed by atoms with E-state index in [1.165, 1.54) is 0 Å². The molecule has 2 N–H and O–H groups in total. The summed E-state index contributed by atoms with van der Waals surface area (Å²) in [5.74, 6) is 0. The molecule has 0 fully saturated rings. The average Bonchev–Trinajstić information content (AvgIpc) is 1.85. The summed E-state index contributed by atoms with van der Waals surface area (Å²) in [6.07, 6.45) is 0.667. The van der Waals surface area contributed by atoms with Crippen molar-refractivity contribution in [1.29, 1.82) is 0 Å². The summed E-state index contributed by atoms with van der Waals surface area (Å²) < 4.78 is 0. The molecular formula is C10H22O2. The van der Waals surface area contributed by atoms with Gasteiger partial charge in [0.25, 0.3) is 0 Å². The van der Waals surface area contributed by atoms with Gasteiger partial charge in [-0.2, -0.15) is 0 Å². The van der Waals surface area contributed by atoms with Gasteiger partial charge in [-0.15, -0.1) is 0 Å². The monoisotopic (exact) mass is 174 g/mol. The van der Waals surface area contributed by atoms with E-state index in [4.69, 9.17) is 10.2 Å². The zero-order chi connectivity index (χ0) is 9.99. The Kier molecular flexibility index (Phi) is 3.73. The largest absolute Gasteiger partial charge is 0.368 e. The number of aliphatic hydroxyl groups is 2. The zero-order valence-corrected chi connectivity index (χ0v) is 8.89. The minimum Gasteiger partial charge on any atom is -0.368 e. The predicted octanol–water partition coefficient (Wildman–Crippen LogP) is 2.15. The van der Waals surface area contributed by atoms with Gasteiger partial charge in [0.15, 0.2) is 6.29 Å². The molecule has 0 aromatic heterocycles. The Morgan fingerprint density at radius 2 is 1.50 bits per heavy atom. The third kappa shape index (κ3) is 3.55. The molecule has 12 heavy (non-hydrogen) atoms. The maximum Gasteiger partial charge on any atom is 0.156 e. The van der Waals surface area contributed by atoms with Crippen LogP contribution >= 0.6 is 0 Å². The van der Waals surface area contributed by atoms with Crippen molar-refractivity contribution in [2.45, 2.75) is 53.8 Å². The van der Waals surface area contributed by atoms with Crippen molar-refractivity contribution in [2.75, 3.05) is 0 Å². The summed E-state index contributed by atoms with van der Waals surface area (Å²) in [7, 11) is 0. The predicted molar refractivity (Wildman–Crippen MR) is 50.7 cm³/mol. The summed E-state index contributed by atoms with van der Waals surface area (Å²) in [6.45, 7) is 10.2. The SMILES string of the molecule is CCC(C)(C)CC(C)(C)C(O)O. The number of rotatable bonds is 4. The van der Waals surface area contributed by atoms with Gasteiger partial charge in [-0.1, -0.05) is 41.0 Å². The van der Waals surface area contributed by atoms with Gasteiger partial charge in [0.05, 0.1) is 0 Å². The van der Waals surface area contributed by atoms with Crippen LogP contribution in [0.2, 0.25) is 0 Å². The highest BCUT2D eigenvalue weighted by atomic mass is 16.5. The summed E-state index contributed by atoms with van der Waals surface area (Å²) in [5.41, 5.74) is -0.216. The Bertz CT molecular complexity index is 137. The van der Waals surface area contributed by atoms with Crippen LogP contribution in [-0.2, 0) is 0 Å². The number of aliphatic hydroxyl groups excluding tert-OH is 1. The van der Waals surface area contributed by atoms with Gasteiger partial charge in [0.1, 0.15) is 0 Å². The van der Waals surface area contributed by atoms with Gasteiger partial charge >= 0.3 is 0 Å². The molecule has 0 aliphatic rings. The quantitative estimate of drug-likeness (QED) is 0.641. The summed E-state index contributed by atoms with van der Waals surface area (Å²) in [4.78, 5) is 0. The molecule has 0 rings (SSSR count). The molecule has 0 atom stereocenters. The fraction of sp³-hybridized carbons (Fsp3) is 1.00. The fourth-order valence-corrected chi connectivity index (χ4v) is 1.45. The third-order valence-corrected chi connectivity index (χ3v) is 2.59. The normalized spacial score (nSPS) is 14.0. The van der Waals surface area contributed by atoms with Crippen LogP contribution in [0.15, 0.2) is 0 Å². The van der Waals surface area contributed by atoms with Crippen LogP contribution in [0.4, 0.5) is 0 Å². The van der Waals surface area contributed by atoms with Crippen LogP contribution in [-0.4, -0.2) is 16.5 Å². The van der Waals surface area contributed by atoms with E-state index in [0.29, 0.717) is 0 Å². The Morgan fingerprint density at radius 3 is 1.75 bits per heavy atom. The molecule has 0 aromatic carbocycles. The lowest BCUT2D eigenvalue weighted by atomic mass is 9.73. The first kappa shape index (κ1) is 11.9. The lowest BCUT2D eigenvalue weighted by molar-refractivity contribution is -0.134.